The van der Waals surface area contributed by atoms with Gasteiger partial charge < -0.3 is 4.57 Å². The summed E-state index contributed by atoms with van der Waals surface area (Å²) in [5.41, 5.74) is 5.89. The third-order valence-electron chi connectivity index (χ3n) is 5.91. The maximum Gasteiger partial charge on any atom is 0.261 e. The van der Waals surface area contributed by atoms with E-state index in [-0.39, 0.29) is 4.90 Å². The number of benzene rings is 3. The Morgan fingerprint density at radius 1 is 0.969 bits per heavy atom. The normalized spacial score (nSPS) is 16.5. The van der Waals surface area contributed by atoms with E-state index in [4.69, 9.17) is 0 Å². The molecule has 1 N–H and O–H groups in total. The van der Waals surface area contributed by atoms with Crippen molar-refractivity contribution in [2.24, 2.45) is 0 Å². The number of thioether (sulfide) groups is 1. The molecule has 32 heavy (non-hydrogen) atoms. The topological polar surface area (TPSA) is 76.9 Å². The fourth-order valence-corrected chi connectivity index (χ4v) is 6.51. The quantitative estimate of drug-likeness (QED) is 0.416. The monoisotopic (exact) mass is 460 g/mol. The van der Waals surface area contributed by atoms with Crippen LogP contribution in [-0.4, -0.2) is 28.4 Å². The molecular weight excluding hydrogens is 440 g/mol. The van der Waals surface area contributed by atoms with Crippen LogP contribution in [0.5, 0.6) is 0 Å². The van der Waals surface area contributed by atoms with Gasteiger partial charge in [-0.2, -0.15) is 0 Å². The van der Waals surface area contributed by atoms with E-state index in [0.29, 0.717) is 10.9 Å². The zero-order valence-corrected chi connectivity index (χ0v) is 19.0. The lowest BCUT2D eigenvalue weighted by Crippen LogP contribution is -2.13. The molecular formula is C24H20N4O2S2. The highest BCUT2D eigenvalue weighted by Crippen LogP contribution is 2.38. The van der Waals surface area contributed by atoms with Gasteiger partial charge in [0.1, 0.15) is 0 Å². The number of sulfonamides is 1. The summed E-state index contributed by atoms with van der Waals surface area (Å²) < 4.78 is 31.1. The zero-order valence-electron chi connectivity index (χ0n) is 17.3. The minimum atomic E-state index is -3.73. The molecule has 0 spiro atoms. The first-order valence-corrected chi connectivity index (χ1v) is 12.8. The number of anilines is 1. The lowest BCUT2D eigenvalue weighted by molar-refractivity contribution is 0.601. The summed E-state index contributed by atoms with van der Waals surface area (Å²) in [6.45, 7) is 3.00. The minimum absolute atomic E-state index is 0.267. The summed E-state index contributed by atoms with van der Waals surface area (Å²) in [7, 11) is -3.73. The highest BCUT2D eigenvalue weighted by atomic mass is 32.2. The number of nitrogens with zero attached hydrogens (tertiary/aromatic N) is 3. The maximum absolute atomic E-state index is 13.2. The molecule has 160 valence electrons. The second-order valence-electron chi connectivity index (χ2n) is 8.18. The van der Waals surface area contributed by atoms with Crippen LogP contribution in [0.2, 0.25) is 0 Å². The maximum atomic E-state index is 13.2. The Hall–Kier alpha value is -3.10. The molecule has 6 rings (SSSR count). The molecule has 1 aromatic heterocycles. The first kappa shape index (κ1) is 19.6. The van der Waals surface area contributed by atoms with Gasteiger partial charge in [-0.1, -0.05) is 61.2 Å². The van der Waals surface area contributed by atoms with E-state index in [2.05, 4.69) is 38.5 Å². The molecule has 0 fully saturated rings. The second-order valence-corrected chi connectivity index (χ2v) is 11.3. The van der Waals surface area contributed by atoms with Gasteiger partial charge in [0.25, 0.3) is 10.0 Å². The second kappa shape index (κ2) is 7.21. The van der Waals surface area contributed by atoms with Crippen LogP contribution < -0.4 is 4.72 Å². The number of fused-ring (bicyclic) bond motifs is 4. The minimum Gasteiger partial charge on any atom is -0.301 e. The summed E-state index contributed by atoms with van der Waals surface area (Å²) in [6.07, 6.45) is 0.749. The molecule has 0 radical (unpaired) electrons. The van der Waals surface area contributed by atoms with E-state index in [1.54, 1.807) is 30.0 Å². The average molecular weight is 461 g/mol. The Kier molecular flexibility index (Phi) is 4.41. The zero-order chi connectivity index (χ0) is 21.9. The molecule has 1 unspecified atom stereocenters. The SMILES string of the molecule is CC1Cn2c(nnc2-c2cccc(NS(=O)(=O)c3ccc4c(c3)Cc3ccccc3-4)c2)S1. The van der Waals surface area contributed by atoms with Crippen molar-refractivity contribution >= 4 is 27.5 Å². The number of aromatic nitrogens is 3. The molecule has 0 bridgehead atoms. The largest absolute Gasteiger partial charge is 0.301 e. The molecule has 2 aliphatic rings. The Morgan fingerprint density at radius 3 is 2.72 bits per heavy atom. The fraction of sp³-hybridized carbons (Fsp3) is 0.167. The highest BCUT2D eigenvalue weighted by molar-refractivity contribution is 7.99. The lowest BCUT2D eigenvalue weighted by atomic mass is 10.1. The molecule has 8 heteroatoms. The van der Waals surface area contributed by atoms with Crippen molar-refractivity contribution in [1.29, 1.82) is 0 Å². The summed E-state index contributed by atoms with van der Waals surface area (Å²) in [6, 6.07) is 20.9. The van der Waals surface area contributed by atoms with Crippen LogP contribution in [0.1, 0.15) is 18.1 Å². The van der Waals surface area contributed by atoms with Crippen molar-refractivity contribution in [3.63, 3.8) is 0 Å². The van der Waals surface area contributed by atoms with Crippen LogP contribution in [0.4, 0.5) is 5.69 Å². The number of rotatable bonds is 4. The third kappa shape index (κ3) is 3.22. The van der Waals surface area contributed by atoms with Gasteiger partial charge in [-0.15, -0.1) is 10.2 Å². The number of nitrogens with one attached hydrogen (secondary N) is 1. The molecule has 2 heterocycles. The first-order valence-electron chi connectivity index (χ1n) is 10.4. The Balaban J connectivity index is 1.30. The predicted molar refractivity (Wildman–Crippen MR) is 126 cm³/mol. The van der Waals surface area contributed by atoms with Crippen LogP contribution in [0, 0.1) is 0 Å². The average Bonchev–Trinajstić information content (AvgIpc) is 3.44. The van der Waals surface area contributed by atoms with Gasteiger partial charge >= 0.3 is 0 Å². The molecule has 1 aliphatic carbocycles. The van der Waals surface area contributed by atoms with Crippen molar-refractivity contribution in [3.8, 4) is 22.5 Å². The molecule has 0 saturated carbocycles. The lowest BCUT2D eigenvalue weighted by Gasteiger charge is -2.11. The molecule has 0 saturated heterocycles. The van der Waals surface area contributed by atoms with Crippen LogP contribution in [0.3, 0.4) is 0 Å². The van der Waals surface area contributed by atoms with Crippen LogP contribution in [0.25, 0.3) is 22.5 Å². The van der Waals surface area contributed by atoms with Gasteiger partial charge in [0.2, 0.25) is 0 Å². The fourth-order valence-electron chi connectivity index (χ4n) is 4.45. The van der Waals surface area contributed by atoms with Crippen molar-refractivity contribution in [2.75, 3.05) is 4.72 Å². The van der Waals surface area contributed by atoms with Gasteiger partial charge in [-0.05, 0) is 52.9 Å². The molecule has 4 aromatic rings. The number of hydrogen-bond donors (Lipinski definition) is 1. The van der Waals surface area contributed by atoms with Crippen molar-refractivity contribution in [1.82, 2.24) is 14.8 Å². The molecule has 1 atom stereocenters. The van der Waals surface area contributed by atoms with Crippen LogP contribution >= 0.6 is 11.8 Å². The first-order chi connectivity index (χ1) is 15.5. The number of hydrogen-bond acceptors (Lipinski definition) is 5. The Bertz CT molecular complexity index is 1480. The van der Waals surface area contributed by atoms with E-state index in [0.717, 1.165) is 40.6 Å². The van der Waals surface area contributed by atoms with Crippen LogP contribution in [-0.2, 0) is 23.0 Å². The van der Waals surface area contributed by atoms with Gasteiger partial charge in [-0.3, -0.25) is 4.72 Å². The molecule has 3 aromatic carbocycles. The van der Waals surface area contributed by atoms with Crippen molar-refractivity contribution < 1.29 is 8.42 Å². The van der Waals surface area contributed by atoms with Crippen LogP contribution in [0.15, 0.2) is 76.8 Å². The third-order valence-corrected chi connectivity index (χ3v) is 8.35. The van der Waals surface area contributed by atoms with Gasteiger partial charge in [0, 0.05) is 23.0 Å². The summed E-state index contributed by atoms with van der Waals surface area (Å²) in [5.74, 6) is 0.758. The smallest absolute Gasteiger partial charge is 0.261 e. The van der Waals surface area contributed by atoms with E-state index in [1.807, 2.05) is 36.4 Å². The van der Waals surface area contributed by atoms with E-state index in [1.165, 1.54) is 11.1 Å². The summed E-state index contributed by atoms with van der Waals surface area (Å²) in [5, 5.41) is 9.93. The van der Waals surface area contributed by atoms with E-state index in [9.17, 15) is 8.42 Å². The van der Waals surface area contributed by atoms with Gasteiger partial charge in [0.15, 0.2) is 11.0 Å². The molecule has 1 aliphatic heterocycles. The summed E-state index contributed by atoms with van der Waals surface area (Å²) >= 11 is 1.70. The molecule has 0 amide bonds. The van der Waals surface area contributed by atoms with Gasteiger partial charge in [0.05, 0.1) is 4.90 Å². The van der Waals surface area contributed by atoms with Gasteiger partial charge in [-0.25, -0.2) is 8.42 Å². The Morgan fingerprint density at radius 2 is 1.81 bits per heavy atom. The summed E-state index contributed by atoms with van der Waals surface area (Å²) in [4.78, 5) is 0.267. The van der Waals surface area contributed by atoms with E-state index < -0.39 is 10.0 Å². The van der Waals surface area contributed by atoms with Crippen molar-refractivity contribution in [2.45, 2.75) is 35.2 Å². The standard InChI is InChI=1S/C24H20N4O2S2/c1-15-14-28-23(25-26-24(28)31-15)17-6-4-7-19(12-17)27-32(29,30)20-9-10-22-18(13-20)11-16-5-2-3-8-21(16)22/h2-10,12-13,15,27H,11,14H2,1H3. The molecule has 6 nitrogen and oxygen atoms in total. The Labute approximate surface area is 190 Å². The highest BCUT2D eigenvalue weighted by Gasteiger charge is 2.25. The van der Waals surface area contributed by atoms with Crippen molar-refractivity contribution in [3.05, 3.63) is 77.9 Å². The predicted octanol–water partition coefficient (Wildman–Crippen LogP) is 4.81. The van der Waals surface area contributed by atoms with E-state index >= 15 is 0 Å².